The van der Waals surface area contributed by atoms with Crippen LogP contribution in [0.25, 0.3) is 0 Å². The van der Waals surface area contributed by atoms with Gasteiger partial charge in [0.15, 0.2) is 0 Å². The van der Waals surface area contributed by atoms with Crippen molar-refractivity contribution < 1.29 is 9.84 Å². The summed E-state index contributed by atoms with van der Waals surface area (Å²) in [7, 11) is 1.79. The Kier molecular flexibility index (Phi) is 4.58. The lowest BCUT2D eigenvalue weighted by atomic mass is 10.2. The van der Waals surface area contributed by atoms with Gasteiger partial charge in [-0.05, 0) is 32.2 Å². The largest absolute Gasteiger partial charge is 0.395 e. The van der Waals surface area contributed by atoms with Crippen LogP contribution in [0.15, 0.2) is 0 Å². The van der Waals surface area contributed by atoms with Crippen LogP contribution in [0.3, 0.4) is 0 Å². The Morgan fingerprint density at radius 2 is 2.25 bits per heavy atom. The monoisotopic (exact) mass is 228 g/mol. The predicted molar refractivity (Wildman–Crippen MR) is 63.5 cm³/mol. The van der Waals surface area contributed by atoms with E-state index in [9.17, 15) is 5.11 Å². The number of likely N-dealkylation sites (tertiary alicyclic amines) is 1. The first-order valence-electron chi connectivity index (χ1n) is 6.44. The first-order valence-corrected chi connectivity index (χ1v) is 6.44. The van der Waals surface area contributed by atoms with Gasteiger partial charge in [0, 0.05) is 32.3 Å². The third-order valence-electron chi connectivity index (χ3n) is 3.63. The molecule has 2 unspecified atom stereocenters. The van der Waals surface area contributed by atoms with E-state index in [-0.39, 0.29) is 12.6 Å². The average molecular weight is 228 g/mol. The van der Waals surface area contributed by atoms with Gasteiger partial charge in [-0.2, -0.15) is 0 Å². The Morgan fingerprint density at radius 1 is 1.44 bits per heavy atom. The highest BCUT2D eigenvalue weighted by molar-refractivity contribution is 4.85. The van der Waals surface area contributed by atoms with E-state index in [2.05, 4.69) is 10.2 Å². The summed E-state index contributed by atoms with van der Waals surface area (Å²) in [5.74, 6) is 0. The summed E-state index contributed by atoms with van der Waals surface area (Å²) in [6, 6.07) is 0.969. The lowest BCUT2D eigenvalue weighted by Crippen LogP contribution is -2.37. The summed E-state index contributed by atoms with van der Waals surface area (Å²) in [5.41, 5.74) is 0. The lowest BCUT2D eigenvalue weighted by molar-refractivity contribution is 0.107. The number of hydrogen-bond acceptors (Lipinski definition) is 4. The first-order chi connectivity index (χ1) is 7.81. The van der Waals surface area contributed by atoms with Gasteiger partial charge in [-0.25, -0.2) is 0 Å². The SMILES string of the molecule is COC1CCN(CCC(CO)NC2CC2)C1. The van der Waals surface area contributed by atoms with Crippen molar-refractivity contribution in [2.75, 3.05) is 33.4 Å². The molecule has 1 aliphatic heterocycles. The van der Waals surface area contributed by atoms with Crippen LogP contribution in [0.4, 0.5) is 0 Å². The van der Waals surface area contributed by atoms with Gasteiger partial charge in [-0.15, -0.1) is 0 Å². The fourth-order valence-corrected chi connectivity index (χ4v) is 2.34. The molecule has 0 aromatic rings. The number of nitrogens with zero attached hydrogens (tertiary/aromatic N) is 1. The molecule has 4 heteroatoms. The topological polar surface area (TPSA) is 44.7 Å². The zero-order valence-corrected chi connectivity index (χ0v) is 10.2. The van der Waals surface area contributed by atoms with Crippen molar-refractivity contribution in [1.29, 1.82) is 0 Å². The normalized spacial score (nSPS) is 28.5. The number of rotatable bonds is 7. The van der Waals surface area contributed by atoms with E-state index in [0.29, 0.717) is 12.1 Å². The van der Waals surface area contributed by atoms with Crippen LogP contribution in [0.1, 0.15) is 25.7 Å². The molecule has 0 radical (unpaired) electrons. The van der Waals surface area contributed by atoms with Crippen molar-refractivity contribution in [2.24, 2.45) is 0 Å². The first kappa shape index (κ1) is 12.3. The molecule has 0 aromatic heterocycles. The highest BCUT2D eigenvalue weighted by Gasteiger charge is 2.26. The molecule has 2 N–H and O–H groups in total. The molecular formula is C12H24N2O2. The van der Waals surface area contributed by atoms with E-state index in [1.165, 1.54) is 12.8 Å². The highest BCUT2D eigenvalue weighted by atomic mass is 16.5. The summed E-state index contributed by atoms with van der Waals surface area (Å²) in [6.07, 6.45) is 5.18. The quantitative estimate of drug-likeness (QED) is 0.654. The standard InChI is InChI=1S/C12H24N2O2/c1-16-12-5-7-14(8-12)6-4-11(9-15)13-10-2-3-10/h10-13,15H,2-9H2,1H3. The predicted octanol–water partition coefficient (Wildman–Crippen LogP) is 0.210. The minimum absolute atomic E-state index is 0.262. The third-order valence-corrected chi connectivity index (χ3v) is 3.63. The minimum atomic E-state index is 0.262. The van der Waals surface area contributed by atoms with Crippen molar-refractivity contribution in [3.8, 4) is 0 Å². The Labute approximate surface area is 98.0 Å². The molecule has 0 amide bonds. The zero-order chi connectivity index (χ0) is 11.4. The van der Waals surface area contributed by atoms with Gasteiger partial charge in [-0.1, -0.05) is 0 Å². The van der Waals surface area contributed by atoms with Crippen molar-refractivity contribution >= 4 is 0 Å². The van der Waals surface area contributed by atoms with Gasteiger partial charge in [-0.3, -0.25) is 0 Å². The maximum atomic E-state index is 9.27. The summed E-state index contributed by atoms with van der Waals surface area (Å²) in [6.45, 7) is 3.53. The number of methoxy groups -OCH3 is 1. The van der Waals surface area contributed by atoms with E-state index in [1.54, 1.807) is 7.11 Å². The van der Waals surface area contributed by atoms with Gasteiger partial charge in [0.1, 0.15) is 0 Å². The molecule has 4 nitrogen and oxygen atoms in total. The van der Waals surface area contributed by atoms with E-state index in [4.69, 9.17) is 4.74 Å². The molecule has 16 heavy (non-hydrogen) atoms. The summed E-state index contributed by atoms with van der Waals surface area (Å²) in [4.78, 5) is 2.44. The second-order valence-electron chi connectivity index (χ2n) is 5.06. The molecule has 0 spiro atoms. The molecule has 1 heterocycles. The highest BCUT2D eigenvalue weighted by Crippen LogP contribution is 2.20. The maximum Gasteiger partial charge on any atom is 0.0710 e. The fourth-order valence-electron chi connectivity index (χ4n) is 2.34. The second kappa shape index (κ2) is 5.96. The molecule has 0 aromatic carbocycles. The molecule has 2 fully saturated rings. The van der Waals surface area contributed by atoms with Crippen LogP contribution in [-0.4, -0.2) is 61.5 Å². The number of ether oxygens (including phenoxy) is 1. The van der Waals surface area contributed by atoms with Crippen molar-refractivity contribution in [2.45, 2.75) is 43.9 Å². The Hall–Kier alpha value is -0.160. The molecule has 2 atom stereocenters. The lowest BCUT2D eigenvalue weighted by Gasteiger charge is -2.20. The minimum Gasteiger partial charge on any atom is -0.395 e. The van der Waals surface area contributed by atoms with Crippen LogP contribution >= 0.6 is 0 Å². The van der Waals surface area contributed by atoms with Crippen LogP contribution < -0.4 is 5.32 Å². The zero-order valence-electron chi connectivity index (χ0n) is 10.2. The van der Waals surface area contributed by atoms with Crippen LogP contribution in [0.5, 0.6) is 0 Å². The van der Waals surface area contributed by atoms with E-state index < -0.39 is 0 Å². The molecular weight excluding hydrogens is 204 g/mol. The second-order valence-corrected chi connectivity index (χ2v) is 5.06. The number of aliphatic hydroxyl groups excluding tert-OH is 1. The molecule has 94 valence electrons. The molecule has 2 aliphatic rings. The van der Waals surface area contributed by atoms with Gasteiger partial charge in [0.25, 0.3) is 0 Å². The third kappa shape index (κ3) is 3.70. The molecule has 1 aliphatic carbocycles. The smallest absolute Gasteiger partial charge is 0.0710 e. The van der Waals surface area contributed by atoms with Crippen molar-refractivity contribution in [3.05, 3.63) is 0 Å². The number of nitrogens with one attached hydrogen (secondary N) is 1. The van der Waals surface area contributed by atoms with E-state index in [1.807, 2.05) is 0 Å². The Balaban J connectivity index is 1.61. The fraction of sp³-hybridized carbons (Fsp3) is 1.00. The summed E-state index contributed by atoms with van der Waals surface area (Å²) < 4.78 is 5.34. The molecule has 1 saturated heterocycles. The van der Waals surface area contributed by atoms with Gasteiger partial charge < -0.3 is 20.1 Å². The maximum absolute atomic E-state index is 9.27. The van der Waals surface area contributed by atoms with Gasteiger partial charge in [0.2, 0.25) is 0 Å². The average Bonchev–Trinajstić information content (AvgIpc) is 3.00. The van der Waals surface area contributed by atoms with Crippen LogP contribution in [0, 0.1) is 0 Å². The Morgan fingerprint density at radius 3 is 2.81 bits per heavy atom. The Bertz CT molecular complexity index is 209. The van der Waals surface area contributed by atoms with E-state index >= 15 is 0 Å². The van der Waals surface area contributed by atoms with Gasteiger partial charge >= 0.3 is 0 Å². The summed E-state index contributed by atoms with van der Waals surface area (Å²) in [5, 5.41) is 12.8. The molecule has 2 rings (SSSR count). The van der Waals surface area contributed by atoms with E-state index in [0.717, 1.165) is 32.5 Å². The molecule has 1 saturated carbocycles. The van der Waals surface area contributed by atoms with Crippen molar-refractivity contribution in [3.63, 3.8) is 0 Å². The van der Waals surface area contributed by atoms with Crippen molar-refractivity contribution in [1.82, 2.24) is 10.2 Å². The molecule has 0 bridgehead atoms. The van der Waals surface area contributed by atoms with Crippen LogP contribution in [0.2, 0.25) is 0 Å². The van der Waals surface area contributed by atoms with Crippen LogP contribution in [-0.2, 0) is 4.74 Å². The number of hydrogen-bond donors (Lipinski definition) is 2. The number of aliphatic hydroxyl groups is 1. The van der Waals surface area contributed by atoms with Gasteiger partial charge in [0.05, 0.1) is 12.7 Å². The summed E-state index contributed by atoms with van der Waals surface area (Å²) >= 11 is 0.